The SMILES string of the molecule is CC(C)=C/C=C1\C[C@@H](O)C2=CCO[C@@H]2C1. The Balaban J connectivity index is 2.10. The van der Waals surface area contributed by atoms with Crippen LogP contribution < -0.4 is 0 Å². The third-order valence-electron chi connectivity index (χ3n) is 2.93. The summed E-state index contributed by atoms with van der Waals surface area (Å²) in [5.74, 6) is 0. The maximum Gasteiger partial charge on any atom is 0.0852 e. The molecule has 0 radical (unpaired) electrons. The molecule has 0 aromatic carbocycles. The summed E-state index contributed by atoms with van der Waals surface area (Å²) in [5, 5.41) is 9.91. The molecule has 2 nitrogen and oxygen atoms in total. The molecule has 1 N–H and O–H groups in total. The van der Waals surface area contributed by atoms with Crippen LogP contribution in [-0.2, 0) is 4.74 Å². The summed E-state index contributed by atoms with van der Waals surface area (Å²) in [4.78, 5) is 0. The van der Waals surface area contributed by atoms with Crippen molar-refractivity contribution in [1.29, 1.82) is 0 Å². The van der Waals surface area contributed by atoms with Gasteiger partial charge in [-0.3, -0.25) is 0 Å². The van der Waals surface area contributed by atoms with Crippen molar-refractivity contribution in [3.8, 4) is 0 Å². The van der Waals surface area contributed by atoms with Gasteiger partial charge in [-0.2, -0.15) is 0 Å². The predicted octanol–water partition coefficient (Wildman–Crippen LogP) is 2.36. The lowest BCUT2D eigenvalue weighted by atomic mass is 9.86. The third-order valence-corrected chi connectivity index (χ3v) is 2.93. The Bertz CT molecular complexity index is 332. The third kappa shape index (κ3) is 2.39. The molecule has 1 saturated carbocycles. The Hall–Kier alpha value is -0.860. The topological polar surface area (TPSA) is 29.5 Å². The molecule has 0 spiro atoms. The zero-order valence-electron chi connectivity index (χ0n) is 9.36. The van der Waals surface area contributed by atoms with Crippen LogP contribution in [0.3, 0.4) is 0 Å². The summed E-state index contributed by atoms with van der Waals surface area (Å²) < 4.78 is 5.55. The van der Waals surface area contributed by atoms with E-state index in [4.69, 9.17) is 4.74 Å². The molecule has 0 saturated heterocycles. The second-order valence-electron chi connectivity index (χ2n) is 4.52. The van der Waals surface area contributed by atoms with E-state index in [9.17, 15) is 5.11 Å². The van der Waals surface area contributed by atoms with Crippen LogP contribution in [0.2, 0.25) is 0 Å². The van der Waals surface area contributed by atoms with Gasteiger partial charge in [0.2, 0.25) is 0 Å². The van der Waals surface area contributed by atoms with E-state index in [1.165, 1.54) is 11.1 Å². The molecule has 1 aliphatic carbocycles. The first kappa shape index (κ1) is 10.7. The highest BCUT2D eigenvalue weighted by Crippen LogP contribution is 2.33. The fourth-order valence-corrected chi connectivity index (χ4v) is 2.12. The average molecular weight is 206 g/mol. The summed E-state index contributed by atoms with van der Waals surface area (Å²) in [6, 6.07) is 0. The highest BCUT2D eigenvalue weighted by atomic mass is 16.5. The van der Waals surface area contributed by atoms with Gasteiger partial charge < -0.3 is 9.84 Å². The molecule has 2 atom stereocenters. The van der Waals surface area contributed by atoms with E-state index in [1.807, 2.05) is 6.08 Å². The van der Waals surface area contributed by atoms with Crippen LogP contribution in [0.25, 0.3) is 0 Å². The van der Waals surface area contributed by atoms with Crippen molar-refractivity contribution in [2.24, 2.45) is 0 Å². The summed E-state index contributed by atoms with van der Waals surface area (Å²) in [5.41, 5.74) is 3.66. The van der Waals surface area contributed by atoms with Crippen molar-refractivity contribution in [1.82, 2.24) is 0 Å². The summed E-state index contributed by atoms with van der Waals surface area (Å²) >= 11 is 0. The molecule has 0 bridgehead atoms. The molecule has 82 valence electrons. The number of fused-ring (bicyclic) bond motifs is 1. The Morgan fingerprint density at radius 1 is 1.47 bits per heavy atom. The van der Waals surface area contributed by atoms with Crippen LogP contribution in [0.5, 0.6) is 0 Å². The zero-order chi connectivity index (χ0) is 10.8. The number of hydrogen-bond acceptors (Lipinski definition) is 2. The van der Waals surface area contributed by atoms with E-state index in [2.05, 4.69) is 26.0 Å². The lowest BCUT2D eigenvalue weighted by Crippen LogP contribution is -2.27. The van der Waals surface area contributed by atoms with Gasteiger partial charge in [-0.15, -0.1) is 0 Å². The minimum Gasteiger partial charge on any atom is -0.388 e. The van der Waals surface area contributed by atoms with Crippen LogP contribution >= 0.6 is 0 Å². The number of allylic oxidation sites excluding steroid dienone is 3. The van der Waals surface area contributed by atoms with Gasteiger partial charge in [0.25, 0.3) is 0 Å². The van der Waals surface area contributed by atoms with Gasteiger partial charge >= 0.3 is 0 Å². The van der Waals surface area contributed by atoms with Crippen LogP contribution in [0.15, 0.2) is 34.9 Å². The molecule has 0 unspecified atom stereocenters. The van der Waals surface area contributed by atoms with Crippen molar-refractivity contribution < 1.29 is 9.84 Å². The maximum atomic E-state index is 9.91. The van der Waals surface area contributed by atoms with Crippen molar-refractivity contribution >= 4 is 0 Å². The molecule has 15 heavy (non-hydrogen) atoms. The number of ether oxygens (including phenoxy) is 1. The smallest absolute Gasteiger partial charge is 0.0852 e. The normalized spacial score (nSPS) is 32.5. The molecule has 0 aromatic rings. The lowest BCUT2D eigenvalue weighted by molar-refractivity contribution is 0.0851. The minimum absolute atomic E-state index is 0.130. The van der Waals surface area contributed by atoms with E-state index in [0.717, 1.165) is 18.4 Å². The molecule has 0 aromatic heterocycles. The summed E-state index contributed by atoms with van der Waals surface area (Å²) in [6.07, 6.45) is 7.74. The fourth-order valence-electron chi connectivity index (χ4n) is 2.12. The molecular formula is C13H18O2. The molecular weight excluding hydrogens is 188 g/mol. The first-order chi connectivity index (χ1) is 7.16. The highest BCUT2D eigenvalue weighted by molar-refractivity contribution is 5.30. The Morgan fingerprint density at radius 3 is 3.00 bits per heavy atom. The largest absolute Gasteiger partial charge is 0.388 e. The molecule has 2 heteroatoms. The Kier molecular flexibility index (Phi) is 3.08. The minimum atomic E-state index is -0.330. The Labute approximate surface area is 90.9 Å². The lowest BCUT2D eigenvalue weighted by Gasteiger charge is -2.27. The average Bonchev–Trinajstić information content (AvgIpc) is 2.63. The molecule has 1 aliphatic heterocycles. The maximum absolute atomic E-state index is 9.91. The van der Waals surface area contributed by atoms with Crippen LogP contribution in [0.4, 0.5) is 0 Å². The number of rotatable bonds is 1. The van der Waals surface area contributed by atoms with Crippen LogP contribution in [0, 0.1) is 0 Å². The van der Waals surface area contributed by atoms with Gasteiger partial charge in [0.15, 0.2) is 0 Å². The van der Waals surface area contributed by atoms with Gasteiger partial charge in [-0.25, -0.2) is 0 Å². The molecule has 1 heterocycles. The van der Waals surface area contributed by atoms with Crippen molar-refractivity contribution in [2.45, 2.75) is 38.9 Å². The fraction of sp³-hybridized carbons (Fsp3) is 0.538. The van der Waals surface area contributed by atoms with Gasteiger partial charge in [-0.1, -0.05) is 29.4 Å². The zero-order valence-corrected chi connectivity index (χ0v) is 9.36. The molecule has 0 amide bonds. The van der Waals surface area contributed by atoms with Crippen molar-refractivity contribution in [2.75, 3.05) is 6.61 Å². The monoisotopic (exact) mass is 206 g/mol. The van der Waals surface area contributed by atoms with Crippen LogP contribution in [-0.4, -0.2) is 23.9 Å². The van der Waals surface area contributed by atoms with Gasteiger partial charge in [0, 0.05) is 0 Å². The van der Waals surface area contributed by atoms with Crippen molar-refractivity contribution in [3.63, 3.8) is 0 Å². The summed E-state index contributed by atoms with van der Waals surface area (Å²) in [6.45, 7) is 4.81. The highest BCUT2D eigenvalue weighted by Gasteiger charge is 2.31. The molecule has 2 aliphatic rings. The number of aliphatic hydroxyl groups excluding tert-OH is 1. The second kappa shape index (κ2) is 4.33. The first-order valence-corrected chi connectivity index (χ1v) is 5.49. The predicted molar refractivity (Wildman–Crippen MR) is 60.6 cm³/mol. The van der Waals surface area contributed by atoms with Gasteiger partial charge in [0.05, 0.1) is 18.8 Å². The summed E-state index contributed by atoms with van der Waals surface area (Å²) in [7, 11) is 0. The first-order valence-electron chi connectivity index (χ1n) is 5.49. The number of hydrogen-bond donors (Lipinski definition) is 1. The van der Waals surface area contributed by atoms with E-state index in [0.29, 0.717) is 6.61 Å². The van der Waals surface area contributed by atoms with Gasteiger partial charge in [-0.05, 0) is 32.3 Å². The van der Waals surface area contributed by atoms with E-state index < -0.39 is 0 Å². The van der Waals surface area contributed by atoms with E-state index in [-0.39, 0.29) is 12.2 Å². The number of aliphatic hydroxyl groups is 1. The molecule has 2 rings (SSSR count). The van der Waals surface area contributed by atoms with E-state index >= 15 is 0 Å². The van der Waals surface area contributed by atoms with Crippen molar-refractivity contribution in [3.05, 3.63) is 34.9 Å². The van der Waals surface area contributed by atoms with E-state index in [1.54, 1.807) is 0 Å². The van der Waals surface area contributed by atoms with Gasteiger partial charge in [0.1, 0.15) is 0 Å². The Morgan fingerprint density at radius 2 is 2.27 bits per heavy atom. The standard InChI is InChI=1S/C13H18O2/c1-9(2)3-4-10-7-12(14)11-5-6-15-13(11)8-10/h3-5,12-14H,6-8H2,1-2H3/b10-4+/t12-,13-/m1/s1. The second-order valence-corrected chi connectivity index (χ2v) is 4.52. The van der Waals surface area contributed by atoms with Crippen LogP contribution in [0.1, 0.15) is 26.7 Å². The quantitative estimate of drug-likeness (QED) is 0.667. The molecule has 1 fully saturated rings.